The summed E-state index contributed by atoms with van der Waals surface area (Å²) in [5.41, 5.74) is 3.99. The Hall–Kier alpha value is -1.12. The van der Waals surface area contributed by atoms with Crippen LogP contribution in [0.15, 0.2) is 66.7 Å². The molecule has 1 heterocycles. The van der Waals surface area contributed by atoms with E-state index in [1.54, 1.807) is 0 Å². The van der Waals surface area contributed by atoms with E-state index in [1.165, 1.54) is 41.0 Å². The van der Waals surface area contributed by atoms with Crippen molar-refractivity contribution in [1.29, 1.82) is 0 Å². The first-order valence-corrected chi connectivity index (χ1v) is 10.3. The molecule has 0 aliphatic carbocycles. The first-order chi connectivity index (χ1) is 11.3. The molecule has 0 spiro atoms. The molecule has 3 rings (SSSR count). The summed E-state index contributed by atoms with van der Waals surface area (Å²) in [5, 5.41) is 0. The van der Waals surface area contributed by atoms with Crippen LogP contribution in [0.2, 0.25) is 0 Å². The summed E-state index contributed by atoms with van der Waals surface area (Å²) in [6.45, 7) is 2.42. The molecule has 0 radical (unpaired) electrons. The van der Waals surface area contributed by atoms with Gasteiger partial charge in [0.05, 0.1) is 4.08 Å². The molecule has 0 saturated carbocycles. The third-order valence-electron chi connectivity index (χ3n) is 4.22. The monoisotopic (exact) mass is 340 g/mol. The van der Waals surface area contributed by atoms with Gasteiger partial charge in [-0.2, -0.15) is 0 Å². The summed E-state index contributed by atoms with van der Waals surface area (Å²) < 4.78 is 0.396. The lowest BCUT2D eigenvalue weighted by atomic mass is 9.96. The Morgan fingerprint density at radius 3 is 1.96 bits per heavy atom. The maximum absolute atomic E-state index is 2.44. The minimum Gasteiger partial charge on any atom is -0.144 e. The summed E-state index contributed by atoms with van der Waals surface area (Å²) in [6, 6.07) is 21.5. The quantitative estimate of drug-likeness (QED) is 0.610. The summed E-state index contributed by atoms with van der Waals surface area (Å²) in [7, 11) is 0. The van der Waals surface area contributed by atoms with Gasteiger partial charge in [-0.05, 0) is 54.4 Å². The van der Waals surface area contributed by atoms with Gasteiger partial charge < -0.3 is 0 Å². The normalized spacial score (nSPS) is 16.7. The zero-order chi connectivity index (χ0) is 16.0. The first kappa shape index (κ1) is 16.7. The largest absolute Gasteiger partial charge is 0.144 e. The Morgan fingerprint density at radius 2 is 1.43 bits per heavy atom. The SMILES string of the molecule is CC1(CCC=C(c2ccccc2)c2ccccc2)SCCCS1. The van der Waals surface area contributed by atoms with Crippen LogP contribution in [0.3, 0.4) is 0 Å². The highest BCUT2D eigenvalue weighted by Gasteiger charge is 2.27. The van der Waals surface area contributed by atoms with E-state index in [2.05, 4.69) is 97.2 Å². The molecule has 1 aliphatic rings. The maximum atomic E-state index is 2.44. The van der Waals surface area contributed by atoms with Gasteiger partial charge in [0, 0.05) is 0 Å². The van der Waals surface area contributed by atoms with Crippen LogP contribution in [-0.4, -0.2) is 15.6 Å². The van der Waals surface area contributed by atoms with Crippen LogP contribution >= 0.6 is 23.5 Å². The third-order valence-corrected chi connectivity index (χ3v) is 7.54. The van der Waals surface area contributed by atoms with Crippen molar-refractivity contribution in [3.05, 3.63) is 77.9 Å². The van der Waals surface area contributed by atoms with Crippen molar-refractivity contribution in [2.24, 2.45) is 0 Å². The van der Waals surface area contributed by atoms with E-state index >= 15 is 0 Å². The average molecular weight is 341 g/mol. The number of allylic oxidation sites excluding steroid dienone is 1. The number of benzene rings is 2. The van der Waals surface area contributed by atoms with E-state index in [1.807, 2.05) is 0 Å². The van der Waals surface area contributed by atoms with Crippen LogP contribution in [-0.2, 0) is 0 Å². The van der Waals surface area contributed by atoms with Gasteiger partial charge in [-0.3, -0.25) is 0 Å². The van der Waals surface area contributed by atoms with E-state index in [4.69, 9.17) is 0 Å². The highest BCUT2D eigenvalue weighted by Crippen LogP contribution is 2.45. The molecular formula is C21H24S2. The molecule has 1 fully saturated rings. The highest BCUT2D eigenvalue weighted by molar-refractivity contribution is 8.18. The van der Waals surface area contributed by atoms with E-state index in [0.29, 0.717) is 4.08 Å². The Kier molecular flexibility index (Phi) is 5.91. The van der Waals surface area contributed by atoms with Gasteiger partial charge >= 0.3 is 0 Å². The number of rotatable bonds is 5. The molecule has 1 aliphatic heterocycles. The van der Waals surface area contributed by atoms with Gasteiger partial charge in [0.2, 0.25) is 0 Å². The zero-order valence-electron chi connectivity index (χ0n) is 13.7. The van der Waals surface area contributed by atoms with E-state index < -0.39 is 0 Å². The second-order valence-corrected chi connectivity index (χ2v) is 9.53. The lowest BCUT2D eigenvalue weighted by molar-refractivity contribution is 0.776. The number of hydrogen-bond acceptors (Lipinski definition) is 2. The molecule has 0 unspecified atom stereocenters. The van der Waals surface area contributed by atoms with Crippen molar-refractivity contribution in [2.45, 2.75) is 30.3 Å². The molecule has 2 heteroatoms. The molecular weight excluding hydrogens is 316 g/mol. The third kappa shape index (κ3) is 4.68. The Morgan fingerprint density at radius 1 is 0.913 bits per heavy atom. The molecule has 0 aromatic heterocycles. The molecule has 1 saturated heterocycles. The van der Waals surface area contributed by atoms with Crippen molar-refractivity contribution in [3.8, 4) is 0 Å². The predicted octanol–water partition coefficient (Wildman–Crippen LogP) is 6.48. The van der Waals surface area contributed by atoms with Crippen molar-refractivity contribution in [3.63, 3.8) is 0 Å². The van der Waals surface area contributed by atoms with Crippen LogP contribution < -0.4 is 0 Å². The minimum atomic E-state index is 0.396. The molecule has 0 atom stereocenters. The Bertz CT molecular complexity index is 584. The second kappa shape index (κ2) is 8.12. The topological polar surface area (TPSA) is 0 Å². The summed E-state index contributed by atoms with van der Waals surface area (Å²) in [6.07, 6.45) is 6.17. The molecule has 0 amide bonds. The Labute approximate surface area is 148 Å². The van der Waals surface area contributed by atoms with Gasteiger partial charge in [0.25, 0.3) is 0 Å². The molecule has 23 heavy (non-hydrogen) atoms. The number of hydrogen-bond donors (Lipinski definition) is 0. The number of thioether (sulfide) groups is 2. The van der Waals surface area contributed by atoms with E-state index in [0.717, 1.165) is 6.42 Å². The summed E-state index contributed by atoms with van der Waals surface area (Å²) in [4.78, 5) is 0. The fourth-order valence-electron chi connectivity index (χ4n) is 2.94. The van der Waals surface area contributed by atoms with Gasteiger partial charge in [-0.15, -0.1) is 23.5 Å². The standard InChI is InChI=1S/C21H24S2/c1-21(22-16-9-17-23-21)15-8-14-20(18-10-4-2-5-11-18)19-12-6-3-7-13-19/h2-7,10-14H,8-9,15-17H2,1H3. The van der Waals surface area contributed by atoms with E-state index in [9.17, 15) is 0 Å². The van der Waals surface area contributed by atoms with E-state index in [-0.39, 0.29) is 0 Å². The van der Waals surface area contributed by atoms with Gasteiger partial charge in [0.1, 0.15) is 0 Å². The van der Waals surface area contributed by atoms with Crippen molar-refractivity contribution in [1.82, 2.24) is 0 Å². The summed E-state index contributed by atoms with van der Waals surface area (Å²) in [5.74, 6) is 2.63. The fourth-order valence-corrected chi connectivity index (χ4v) is 5.92. The van der Waals surface area contributed by atoms with Crippen LogP contribution in [0.4, 0.5) is 0 Å². The van der Waals surface area contributed by atoms with Crippen LogP contribution in [0.5, 0.6) is 0 Å². The first-order valence-electron chi connectivity index (χ1n) is 8.36. The highest BCUT2D eigenvalue weighted by atomic mass is 32.2. The lowest BCUT2D eigenvalue weighted by Crippen LogP contribution is -2.20. The molecule has 2 aromatic carbocycles. The average Bonchev–Trinajstić information content (AvgIpc) is 2.61. The van der Waals surface area contributed by atoms with Crippen LogP contribution in [0, 0.1) is 0 Å². The van der Waals surface area contributed by atoms with Crippen LogP contribution in [0.1, 0.15) is 37.3 Å². The molecule has 0 nitrogen and oxygen atoms in total. The van der Waals surface area contributed by atoms with Crippen LogP contribution in [0.25, 0.3) is 5.57 Å². The van der Waals surface area contributed by atoms with Gasteiger partial charge in [-0.25, -0.2) is 0 Å². The van der Waals surface area contributed by atoms with Gasteiger partial charge in [0.15, 0.2) is 0 Å². The molecule has 0 N–H and O–H groups in total. The van der Waals surface area contributed by atoms with Crippen molar-refractivity contribution < 1.29 is 0 Å². The van der Waals surface area contributed by atoms with Crippen molar-refractivity contribution in [2.75, 3.05) is 11.5 Å². The maximum Gasteiger partial charge on any atom is 0.0586 e. The minimum absolute atomic E-state index is 0.396. The van der Waals surface area contributed by atoms with Crippen molar-refractivity contribution >= 4 is 29.1 Å². The van der Waals surface area contributed by atoms with Gasteiger partial charge in [-0.1, -0.05) is 66.7 Å². The Balaban J connectivity index is 1.78. The molecule has 120 valence electrons. The predicted molar refractivity (Wildman–Crippen MR) is 107 cm³/mol. The molecule has 2 aromatic rings. The lowest BCUT2D eigenvalue weighted by Gasteiger charge is -2.32. The summed E-state index contributed by atoms with van der Waals surface area (Å²) >= 11 is 4.29. The molecule has 0 bridgehead atoms. The fraction of sp³-hybridized carbons (Fsp3) is 0.333. The second-order valence-electron chi connectivity index (χ2n) is 6.07. The zero-order valence-corrected chi connectivity index (χ0v) is 15.3. The smallest absolute Gasteiger partial charge is 0.0586 e.